The summed E-state index contributed by atoms with van der Waals surface area (Å²) >= 11 is 0. The highest BCUT2D eigenvalue weighted by atomic mass is 16.6. The summed E-state index contributed by atoms with van der Waals surface area (Å²) in [6.07, 6.45) is -2.04. The Hall–Kier alpha value is -7.31. The molecule has 66 heavy (non-hydrogen) atoms. The maximum absolute atomic E-state index is 16.4. The van der Waals surface area contributed by atoms with Crippen molar-refractivity contribution in [3.05, 3.63) is 167 Å². The smallest absolute Gasteiger partial charge is 0.329 e. The molecule has 5 aromatic rings. The van der Waals surface area contributed by atoms with Crippen LogP contribution in [0.2, 0.25) is 0 Å². The molecule has 14 heteroatoms. The van der Waals surface area contributed by atoms with Crippen LogP contribution in [0.4, 0.5) is 10.5 Å². The molecule has 8 rings (SSSR count). The van der Waals surface area contributed by atoms with Gasteiger partial charge in [-0.3, -0.25) is 19.3 Å². The van der Waals surface area contributed by atoms with E-state index >= 15 is 14.4 Å². The van der Waals surface area contributed by atoms with Crippen LogP contribution in [-0.2, 0) is 34.1 Å². The Morgan fingerprint density at radius 3 is 2.09 bits per heavy atom. The summed E-state index contributed by atoms with van der Waals surface area (Å²) in [6.45, 7) is 2.88. The molecule has 5 aromatic carbocycles. The standard InChI is InChI=1S/C52H50N4O10/c1-31(2)42(48(61)65-3)54-51(64)55-39-27-22-32(15-13-14-28-57)29-38(39)52(50(55)63)41(47(60)53-30-40(59)33-16-7-4-8-17-33)44-49(62)66-45(35-20-11-6-12-21-35)43(34-18-9-5-10-19-34)56(44)46(52)36-23-25-37(58)26-24-36/h4-12,16-27,29,31,40-46,57-59H,14,28,30H2,1-3H3,(H,53,60)(H,54,64)/t40-,41+,42-,43+,44+,45-,46-,52+/m0/s1. The Labute approximate surface area is 382 Å². The van der Waals surface area contributed by atoms with E-state index in [0.29, 0.717) is 27.8 Å². The number of esters is 2. The monoisotopic (exact) mass is 890 g/mol. The molecule has 4 amide bonds. The predicted octanol–water partition coefficient (Wildman–Crippen LogP) is 5.55. The van der Waals surface area contributed by atoms with E-state index in [9.17, 15) is 24.9 Å². The summed E-state index contributed by atoms with van der Waals surface area (Å²) < 4.78 is 11.5. The Morgan fingerprint density at radius 1 is 0.833 bits per heavy atom. The van der Waals surface area contributed by atoms with Gasteiger partial charge in [-0.1, -0.05) is 129 Å². The summed E-state index contributed by atoms with van der Waals surface area (Å²) in [5.41, 5.74) is 0.689. The molecule has 0 aliphatic carbocycles. The van der Waals surface area contributed by atoms with Crippen LogP contribution in [0, 0.1) is 23.7 Å². The molecular formula is C52H50N4O10. The second kappa shape index (κ2) is 19.0. The molecule has 5 N–H and O–H groups in total. The molecule has 0 unspecified atom stereocenters. The number of anilines is 1. The van der Waals surface area contributed by atoms with Crippen LogP contribution < -0.4 is 15.5 Å². The minimum Gasteiger partial charge on any atom is -0.508 e. The van der Waals surface area contributed by atoms with E-state index in [-0.39, 0.29) is 36.6 Å². The first kappa shape index (κ1) is 45.3. The van der Waals surface area contributed by atoms with E-state index in [2.05, 4.69) is 22.5 Å². The molecule has 3 aliphatic heterocycles. The van der Waals surface area contributed by atoms with E-state index in [0.717, 1.165) is 4.90 Å². The van der Waals surface area contributed by atoms with Gasteiger partial charge in [0.25, 0.3) is 0 Å². The molecule has 3 heterocycles. The molecule has 0 aromatic heterocycles. The number of methoxy groups -OCH3 is 1. The van der Waals surface area contributed by atoms with E-state index in [1.54, 1.807) is 68.4 Å². The first-order chi connectivity index (χ1) is 31.9. The number of nitrogens with one attached hydrogen (secondary N) is 2. The number of aliphatic hydroxyl groups excluding tert-OH is 2. The zero-order valence-electron chi connectivity index (χ0n) is 36.5. The third-order valence-corrected chi connectivity index (χ3v) is 12.7. The third kappa shape index (κ3) is 8.06. The Balaban J connectivity index is 1.43. The highest BCUT2D eigenvalue weighted by Crippen LogP contribution is 2.66. The van der Waals surface area contributed by atoms with Crippen molar-refractivity contribution in [1.82, 2.24) is 15.5 Å². The molecule has 1 spiro atoms. The van der Waals surface area contributed by atoms with Crippen molar-refractivity contribution >= 4 is 35.5 Å². The molecule has 0 radical (unpaired) electrons. The van der Waals surface area contributed by atoms with Crippen molar-refractivity contribution in [2.45, 2.75) is 62.1 Å². The highest BCUT2D eigenvalue weighted by molar-refractivity contribution is 6.25. The van der Waals surface area contributed by atoms with Crippen molar-refractivity contribution in [1.29, 1.82) is 0 Å². The molecule has 0 bridgehead atoms. The highest BCUT2D eigenvalue weighted by Gasteiger charge is 2.75. The van der Waals surface area contributed by atoms with Crippen LogP contribution in [0.5, 0.6) is 5.75 Å². The first-order valence-corrected chi connectivity index (χ1v) is 21.8. The van der Waals surface area contributed by atoms with Gasteiger partial charge < -0.3 is 35.4 Å². The number of hydrogen-bond acceptors (Lipinski definition) is 11. The number of morpholine rings is 1. The van der Waals surface area contributed by atoms with Crippen molar-refractivity contribution < 1.29 is 48.8 Å². The summed E-state index contributed by atoms with van der Waals surface area (Å²) in [5.74, 6) is 0.467. The van der Waals surface area contributed by atoms with Gasteiger partial charge in [-0.15, -0.1) is 0 Å². The van der Waals surface area contributed by atoms with Gasteiger partial charge in [0.1, 0.15) is 29.4 Å². The van der Waals surface area contributed by atoms with E-state index < -0.39 is 83.4 Å². The SMILES string of the molecule is COC(=O)[C@@H](NC(=O)N1C(=O)[C@@]2(c3cc(C#CCCO)ccc31)[C@H](c1ccc(O)cc1)N1[C@H](c3ccccc3)[C@H](c3ccccc3)OC(=O)[C@H]1[C@@H]2C(=O)NC[C@H](O)c1ccccc1)C(C)C. The number of fused-ring (bicyclic) bond motifs is 3. The lowest BCUT2D eigenvalue weighted by Gasteiger charge is -2.46. The maximum Gasteiger partial charge on any atom is 0.329 e. The normalized spacial score (nSPS) is 22.9. The number of rotatable bonds is 11. The predicted molar refractivity (Wildman–Crippen MR) is 242 cm³/mol. The van der Waals surface area contributed by atoms with Crippen LogP contribution >= 0.6 is 0 Å². The number of nitrogens with zero attached hydrogens (tertiary/aromatic N) is 2. The summed E-state index contributed by atoms with van der Waals surface area (Å²) in [7, 11) is 1.19. The number of aliphatic hydroxyl groups is 2. The topological polar surface area (TPSA) is 195 Å². The quantitative estimate of drug-likeness (QED) is 0.0825. The number of phenolic OH excluding ortho intramolecular Hbond substituents is 1. The van der Waals surface area contributed by atoms with Gasteiger partial charge in [0.15, 0.2) is 0 Å². The van der Waals surface area contributed by atoms with Gasteiger partial charge in [-0.2, -0.15) is 0 Å². The van der Waals surface area contributed by atoms with Crippen LogP contribution in [0.25, 0.3) is 0 Å². The van der Waals surface area contributed by atoms with Crippen molar-refractivity contribution in [2.75, 3.05) is 25.2 Å². The lowest BCUT2D eigenvalue weighted by Crippen LogP contribution is -2.58. The fourth-order valence-electron chi connectivity index (χ4n) is 9.79. The number of benzene rings is 5. The Morgan fingerprint density at radius 2 is 1.47 bits per heavy atom. The maximum atomic E-state index is 16.4. The lowest BCUT2D eigenvalue weighted by atomic mass is 9.65. The largest absolute Gasteiger partial charge is 0.508 e. The van der Waals surface area contributed by atoms with E-state index in [1.165, 1.54) is 25.3 Å². The van der Waals surface area contributed by atoms with Crippen molar-refractivity contribution in [2.24, 2.45) is 11.8 Å². The van der Waals surface area contributed by atoms with Gasteiger partial charge in [0, 0.05) is 18.5 Å². The minimum absolute atomic E-state index is 0.0626. The van der Waals surface area contributed by atoms with Gasteiger partial charge in [-0.05, 0) is 64.1 Å². The molecular weight excluding hydrogens is 841 g/mol. The number of cyclic esters (lactones) is 1. The minimum atomic E-state index is -2.17. The van der Waals surface area contributed by atoms with Crippen molar-refractivity contribution in [3.63, 3.8) is 0 Å². The average molecular weight is 891 g/mol. The molecule has 338 valence electrons. The van der Waals surface area contributed by atoms with E-state index in [4.69, 9.17) is 9.47 Å². The second-order valence-electron chi connectivity index (χ2n) is 16.9. The Kier molecular flexibility index (Phi) is 13.1. The van der Waals surface area contributed by atoms with Crippen LogP contribution in [0.3, 0.4) is 0 Å². The molecule has 14 nitrogen and oxygen atoms in total. The number of imide groups is 1. The number of carbonyl (C=O) groups excluding carboxylic acids is 5. The lowest BCUT2D eigenvalue weighted by molar-refractivity contribution is -0.178. The van der Waals surface area contributed by atoms with Gasteiger partial charge in [0.2, 0.25) is 11.8 Å². The number of ether oxygens (including phenoxy) is 2. The summed E-state index contributed by atoms with van der Waals surface area (Å²) in [4.78, 5) is 78.0. The second-order valence-corrected chi connectivity index (χ2v) is 16.9. The Bertz CT molecular complexity index is 2670. The first-order valence-electron chi connectivity index (χ1n) is 21.8. The molecule has 8 atom stereocenters. The fraction of sp³-hybridized carbons (Fsp3) is 0.288. The summed E-state index contributed by atoms with van der Waals surface area (Å²) in [5, 5.41) is 37.3. The fourth-order valence-corrected chi connectivity index (χ4v) is 9.79. The number of aromatic hydroxyl groups is 1. The van der Waals surface area contributed by atoms with Crippen LogP contribution in [0.15, 0.2) is 133 Å². The molecule has 2 fully saturated rings. The number of hydrogen-bond donors (Lipinski definition) is 5. The zero-order valence-corrected chi connectivity index (χ0v) is 36.5. The van der Waals surface area contributed by atoms with Gasteiger partial charge in [0.05, 0.1) is 43.5 Å². The van der Waals surface area contributed by atoms with Gasteiger partial charge in [-0.25, -0.2) is 14.5 Å². The summed E-state index contributed by atoms with van der Waals surface area (Å²) in [6, 6.07) is 32.2. The van der Waals surface area contributed by atoms with Crippen molar-refractivity contribution in [3.8, 4) is 17.6 Å². The average Bonchev–Trinajstić information content (AvgIpc) is 3.79. The van der Waals surface area contributed by atoms with Gasteiger partial charge >= 0.3 is 18.0 Å². The zero-order chi connectivity index (χ0) is 46.7. The third-order valence-electron chi connectivity index (χ3n) is 12.7. The number of urea groups is 1. The number of amides is 4. The number of carbonyl (C=O) groups is 5. The van der Waals surface area contributed by atoms with Crippen LogP contribution in [0.1, 0.15) is 77.9 Å². The van der Waals surface area contributed by atoms with Crippen LogP contribution in [-0.4, -0.2) is 82.3 Å². The van der Waals surface area contributed by atoms with E-state index in [1.807, 2.05) is 65.6 Å². The molecule has 2 saturated heterocycles. The molecule has 3 aliphatic rings. The molecule has 0 saturated carbocycles. The number of phenols is 1.